The molecule has 0 aliphatic carbocycles. The molecule has 2 aromatic rings. The number of hydrogen-bond donors (Lipinski definition) is 1. The zero-order valence-corrected chi connectivity index (χ0v) is 11.2. The maximum atomic E-state index is 4.43. The molecule has 5 heteroatoms. The fraction of sp³-hybridized carbons (Fsp3) is 0.417. The highest BCUT2D eigenvalue weighted by Gasteiger charge is 2.12. The summed E-state index contributed by atoms with van der Waals surface area (Å²) in [6.45, 7) is 5.36. The van der Waals surface area contributed by atoms with Crippen LogP contribution in [-0.2, 0) is 6.54 Å². The number of imidazole rings is 1. The number of fused-ring (bicyclic) bond motifs is 1. The van der Waals surface area contributed by atoms with E-state index in [9.17, 15) is 0 Å². The van der Waals surface area contributed by atoms with Crippen LogP contribution in [0, 0.1) is 0 Å². The third kappa shape index (κ3) is 2.36. The molecule has 1 N–H and O–H groups in total. The van der Waals surface area contributed by atoms with Crippen molar-refractivity contribution in [2.24, 2.45) is 0 Å². The van der Waals surface area contributed by atoms with E-state index in [4.69, 9.17) is 0 Å². The van der Waals surface area contributed by atoms with E-state index >= 15 is 0 Å². The molecule has 1 fully saturated rings. The number of halogens is 1. The van der Waals surface area contributed by atoms with Gasteiger partial charge in [0.1, 0.15) is 5.65 Å². The molecule has 0 bridgehead atoms. The smallest absolute Gasteiger partial charge is 0.136 e. The Balaban J connectivity index is 1.86. The van der Waals surface area contributed by atoms with Gasteiger partial charge in [-0.1, -0.05) is 0 Å². The van der Waals surface area contributed by atoms with Gasteiger partial charge in [-0.15, -0.1) is 0 Å². The average molecular weight is 295 g/mol. The molecule has 0 unspecified atom stereocenters. The number of nitrogens with one attached hydrogen (secondary N) is 1. The Morgan fingerprint density at radius 1 is 1.29 bits per heavy atom. The van der Waals surface area contributed by atoms with Gasteiger partial charge in [0, 0.05) is 43.4 Å². The van der Waals surface area contributed by atoms with Gasteiger partial charge in [-0.2, -0.15) is 0 Å². The number of rotatable bonds is 2. The van der Waals surface area contributed by atoms with E-state index in [2.05, 4.69) is 41.7 Å². The van der Waals surface area contributed by atoms with E-state index in [1.807, 2.05) is 18.3 Å². The maximum absolute atomic E-state index is 4.43. The lowest BCUT2D eigenvalue weighted by atomic mass is 10.3. The summed E-state index contributed by atoms with van der Waals surface area (Å²) in [5.41, 5.74) is 2.27. The van der Waals surface area contributed by atoms with E-state index < -0.39 is 0 Å². The summed E-state index contributed by atoms with van der Waals surface area (Å²) in [6, 6.07) is 4.06. The molecule has 3 rings (SSSR count). The second-order valence-electron chi connectivity index (χ2n) is 4.35. The number of hydrogen-bond acceptors (Lipinski definition) is 3. The van der Waals surface area contributed by atoms with Crippen LogP contribution in [0.3, 0.4) is 0 Å². The number of aromatic nitrogens is 2. The first-order valence-electron chi connectivity index (χ1n) is 5.87. The van der Waals surface area contributed by atoms with Crippen LogP contribution in [0.4, 0.5) is 0 Å². The van der Waals surface area contributed by atoms with Crippen LogP contribution in [0.1, 0.15) is 5.69 Å². The van der Waals surface area contributed by atoms with Gasteiger partial charge >= 0.3 is 0 Å². The van der Waals surface area contributed by atoms with Crippen molar-refractivity contribution in [3.8, 4) is 0 Å². The molecule has 1 saturated heterocycles. The first-order chi connectivity index (χ1) is 8.33. The highest BCUT2D eigenvalue weighted by Crippen LogP contribution is 2.15. The average Bonchev–Trinajstić information content (AvgIpc) is 2.73. The monoisotopic (exact) mass is 294 g/mol. The molecular weight excluding hydrogens is 280 g/mol. The van der Waals surface area contributed by atoms with Crippen molar-refractivity contribution in [2.75, 3.05) is 26.2 Å². The molecule has 0 spiro atoms. The number of piperazine rings is 1. The van der Waals surface area contributed by atoms with Gasteiger partial charge in [-0.25, -0.2) is 4.98 Å². The molecule has 0 atom stereocenters. The van der Waals surface area contributed by atoms with Gasteiger partial charge in [0.25, 0.3) is 0 Å². The van der Waals surface area contributed by atoms with Gasteiger partial charge in [0.15, 0.2) is 0 Å². The van der Waals surface area contributed by atoms with E-state index in [0.717, 1.165) is 42.8 Å². The Bertz CT molecular complexity index is 516. The Morgan fingerprint density at radius 3 is 2.94 bits per heavy atom. The molecular formula is C12H15BrN4. The first-order valence-corrected chi connectivity index (χ1v) is 6.67. The predicted molar refractivity (Wildman–Crippen MR) is 71.0 cm³/mol. The third-order valence-corrected chi connectivity index (χ3v) is 3.61. The van der Waals surface area contributed by atoms with Gasteiger partial charge in [0.05, 0.1) is 11.9 Å². The highest BCUT2D eigenvalue weighted by atomic mass is 79.9. The van der Waals surface area contributed by atoms with Crippen molar-refractivity contribution in [3.05, 3.63) is 34.7 Å². The summed E-state index contributed by atoms with van der Waals surface area (Å²) in [6.07, 6.45) is 4.06. The van der Waals surface area contributed by atoms with Crippen LogP contribution in [0.15, 0.2) is 29.0 Å². The molecule has 90 valence electrons. The lowest BCUT2D eigenvalue weighted by Gasteiger charge is -2.26. The zero-order valence-electron chi connectivity index (χ0n) is 9.56. The fourth-order valence-corrected chi connectivity index (χ4v) is 2.56. The van der Waals surface area contributed by atoms with E-state index in [-0.39, 0.29) is 0 Å². The normalized spacial score (nSPS) is 17.7. The Kier molecular flexibility index (Phi) is 3.13. The lowest BCUT2D eigenvalue weighted by Crippen LogP contribution is -2.43. The molecule has 1 aliphatic rings. The van der Waals surface area contributed by atoms with Crippen molar-refractivity contribution in [2.45, 2.75) is 6.54 Å². The van der Waals surface area contributed by atoms with Gasteiger partial charge in [0.2, 0.25) is 0 Å². The summed E-state index contributed by atoms with van der Waals surface area (Å²) in [5, 5.41) is 3.37. The minimum Gasteiger partial charge on any atom is -0.314 e. The zero-order chi connectivity index (χ0) is 11.7. The van der Waals surface area contributed by atoms with Crippen LogP contribution >= 0.6 is 15.9 Å². The van der Waals surface area contributed by atoms with Crippen molar-refractivity contribution in [1.29, 1.82) is 0 Å². The van der Waals surface area contributed by atoms with Crippen LogP contribution in [-0.4, -0.2) is 40.5 Å². The largest absolute Gasteiger partial charge is 0.314 e. The number of nitrogens with zero attached hydrogens (tertiary/aromatic N) is 3. The quantitative estimate of drug-likeness (QED) is 0.911. The first kappa shape index (κ1) is 11.2. The van der Waals surface area contributed by atoms with Gasteiger partial charge < -0.3 is 9.72 Å². The second-order valence-corrected chi connectivity index (χ2v) is 5.27. The lowest BCUT2D eigenvalue weighted by molar-refractivity contribution is 0.230. The topological polar surface area (TPSA) is 32.6 Å². The molecule has 1 aliphatic heterocycles. The molecule has 0 aromatic carbocycles. The predicted octanol–water partition coefficient (Wildman–Crippen LogP) is 1.50. The Labute approximate surface area is 109 Å². The molecule has 2 aromatic heterocycles. The Hall–Kier alpha value is -0.910. The van der Waals surface area contributed by atoms with Crippen LogP contribution in [0.25, 0.3) is 5.65 Å². The van der Waals surface area contributed by atoms with Crippen LogP contribution < -0.4 is 5.32 Å². The van der Waals surface area contributed by atoms with E-state index in [1.165, 1.54) is 5.69 Å². The molecule has 0 saturated carbocycles. The summed E-state index contributed by atoms with van der Waals surface area (Å²) < 4.78 is 3.25. The van der Waals surface area contributed by atoms with E-state index in [0.29, 0.717) is 0 Å². The van der Waals surface area contributed by atoms with Crippen LogP contribution in [0.5, 0.6) is 0 Å². The summed E-state index contributed by atoms with van der Waals surface area (Å²) in [7, 11) is 0. The molecule has 3 heterocycles. The standard InChI is InChI=1S/C12H15BrN4/c13-10-1-2-12-15-7-11(17(12)8-10)9-16-5-3-14-4-6-16/h1-2,7-8,14H,3-6,9H2. The summed E-state index contributed by atoms with van der Waals surface area (Å²) >= 11 is 3.50. The minimum atomic E-state index is 0.972. The van der Waals surface area contributed by atoms with Gasteiger partial charge in [-0.3, -0.25) is 4.90 Å². The number of pyridine rings is 1. The molecule has 0 amide bonds. The Morgan fingerprint density at radius 2 is 2.12 bits per heavy atom. The summed E-state index contributed by atoms with van der Waals surface area (Å²) in [4.78, 5) is 6.88. The van der Waals surface area contributed by atoms with Crippen molar-refractivity contribution >= 4 is 21.6 Å². The van der Waals surface area contributed by atoms with Crippen molar-refractivity contribution in [1.82, 2.24) is 19.6 Å². The second kappa shape index (κ2) is 4.76. The van der Waals surface area contributed by atoms with Crippen molar-refractivity contribution < 1.29 is 0 Å². The fourth-order valence-electron chi connectivity index (χ4n) is 2.22. The van der Waals surface area contributed by atoms with Crippen molar-refractivity contribution in [3.63, 3.8) is 0 Å². The molecule has 0 radical (unpaired) electrons. The molecule has 17 heavy (non-hydrogen) atoms. The van der Waals surface area contributed by atoms with E-state index in [1.54, 1.807) is 0 Å². The SMILES string of the molecule is Brc1ccc2ncc(CN3CCNCC3)n2c1. The minimum absolute atomic E-state index is 0.972. The van der Waals surface area contributed by atoms with Gasteiger partial charge in [-0.05, 0) is 28.1 Å². The highest BCUT2D eigenvalue weighted by molar-refractivity contribution is 9.10. The maximum Gasteiger partial charge on any atom is 0.136 e. The third-order valence-electron chi connectivity index (χ3n) is 3.14. The molecule has 4 nitrogen and oxygen atoms in total. The van der Waals surface area contributed by atoms with Crippen LogP contribution in [0.2, 0.25) is 0 Å². The summed E-state index contributed by atoms with van der Waals surface area (Å²) in [5.74, 6) is 0.